The smallest absolute Gasteiger partial charge is 0.0917 e. The number of para-hydroxylation sites is 1. The van der Waals surface area contributed by atoms with Gasteiger partial charge in [-0.15, -0.1) is 0 Å². The highest BCUT2D eigenvalue weighted by molar-refractivity contribution is 5.61. The first-order valence-corrected chi connectivity index (χ1v) is 7.18. The fourth-order valence-electron chi connectivity index (χ4n) is 2.89. The summed E-state index contributed by atoms with van der Waals surface area (Å²) in [4.78, 5) is 2.34. The van der Waals surface area contributed by atoms with Crippen molar-refractivity contribution in [3.63, 3.8) is 0 Å². The number of β-amino-alcohol motifs (C(OH)–C–C–N with tert-alkyl or cyclic N) is 1. The van der Waals surface area contributed by atoms with Crippen LogP contribution >= 0.6 is 0 Å². The highest BCUT2D eigenvalue weighted by Crippen LogP contribution is 2.32. The van der Waals surface area contributed by atoms with Crippen LogP contribution in [0.1, 0.15) is 37.8 Å². The van der Waals surface area contributed by atoms with Crippen LogP contribution in [0, 0.1) is 6.92 Å². The van der Waals surface area contributed by atoms with Crippen LogP contribution in [0.15, 0.2) is 18.2 Å². The van der Waals surface area contributed by atoms with Gasteiger partial charge in [-0.1, -0.05) is 32.0 Å². The third kappa shape index (κ3) is 3.28. The van der Waals surface area contributed by atoms with Gasteiger partial charge in [0.2, 0.25) is 0 Å². The van der Waals surface area contributed by atoms with Gasteiger partial charge in [-0.25, -0.2) is 0 Å². The second-order valence-electron chi connectivity index (χ2n) is 6.26. The van der Waals surface area contributed by atoms with Gasteiger partial charge in [-0.2, -0.15) is 0 Å². The fourth-order valence-corrected chi connectivity index (χ4v) is 2.89. The van der Waals surface area contributed by atoms with Crippen LogP contribution in [0.25, 0.3) is 0 Å². The summed E-state index contributed by atoms with van der Waals surface area (Å²) in [6, 6.07) is 6.50. The van der Waals surface area contributed by atoms with Gasteiger partial charge < -0.3 is 15.3 Å². The van der Waals surface area contributed by atoms with Gasteiger partial charge in [0.25, 0.3) is 0 Å². The average Bonchev–Trinajstić information content (AvgIpc) is 2.49. The van der Waals surface area contributed by atoms with Gasteiger partial charge in [0.05, 0.1) is 5.60 Å². The molecule has 1 unspecified atom stereocenters. The molecule has 106 valence electrons. The summed E-state index contributed by atoms with van der Waals surface area (Å²) in [5.41, 5.74) is 3.30. The molecule has 0 amide bonds. The molecule has 1 aromatic carbocycles. The van der Waals surface area contributed by atoms with E-state index in [0.717, 1.165) is 13.1 Å². The molecular formula is C16H26N2O. The molecule has 19 heavy (non-hydrogen) atoms. The highest BCUT2D eigenvalue weighted by Gasteiger charge is 2.28. The van der Waals surface area contributed by atoms with Crippen molar-refractivity contribution in [2.24, 2.45) is 0 Å². The molecule has 3 heteroatoms. The van der Waals surface area contributed by atoms with E-state index in [9.17, 15) is 5.11 Å². The van der Waals surface area contributed by atoms with E-state index in [1.165, 1.54) is 16.8 Å². The maximum atomic E-state index is 10.4. The van der Waals surface area contributed by atoms with E-state index < -0.39 is 5.60 Å². The number of hydrogen-bond acceptors (Lipinski definition) is 3. The zero-order valence-corrected chi connectivity index (χ0v) is 12.5. The van der Waals surface area contributed by atoms with Crippen molar-refractivity contribution in [3.05, 3.63) is 29.3 Å². The molecule has 2 rings (SSSR count). The molecule has 0 aliphatic carbocycles. The number of nitrogens with zero attached hydrogens (tertiary/aromatic N) is 1. The Morgan fingerprint density at radius 3 is 2.79 bits per heavy atom. The first-order chi connectivity index (χ1) is 8.91. The quantitative estimate of drug-likeness (QED) is 0.858. The van der Waals surface area contributed by atoms with E-state index in [4.69, 9.17) is 0 Å². The number of anilines is 1. The zero-order chi connectivity index (χ0) is 14.0. The van der Waals surface area contributed by atoms with Crippen molar-refractivity contribution in [3.8, 4) is 0 Å². The SMILES string of the molecule is Cc1cccc(C(C)C)c1N1CCNCC(C)(O)C1. The van der Waals surface area contributed by atoms with E-state index >= 15 is 0 Å². The van der Waals surface area contributed by atoms with Crippen molar-refractivity contribution in [1.29, 1.82) is 0 Å². The molecule has 1 atom stereocenters. The van der Waals surface area contributed by atoms with Gasteiger partial charge in [0.15, 0.2) is 0 Å². The molecule has 1 fully saturated rings. The minimum Gasteiger partial charge on any atom is -0.387 e. The normalized spacial score (nSPS) is 24.6. The van der Waals surface area contributed by atoms with Gasteiger partial charge in [-0.3, -0.25) is 0 Å². The van der Waals surface area contributed by atoms with E-state index in [1.54, 1.807) is 0 Å². The maximum absolute atomic E-state index is 10.4. The van der Waals surface area contributed by atoms with Gasteiger partial charge >= 0.3 is 0 Å². The number of rotatable bonds is 2. The van der Waals surface area contributed by atoms with Crippen LogP contribution in [0.4, 0.5) is 5.69 Å². The summed E-state index contributed by atoms with van der Waals surface area (Å²) < 4.78 is 0. The summed E-state index contributed by atoms with van der Waals surface area (Å²) in [6.07, 6.45) is 0. The topological polar surface area (TPSA) is 35.5 Å². The molecule has 0 bridgehead atoms. The van der Waals surface area contributed by atoms with Gasteiger partial charge in [-0.05, 0) is 30.9 Å². The fraction of sp³-hybridized carbons (Fsp3) is 0.625. The Morgan fingerprint density at radius 2 is 2.11 bits per heavy atom. The Bertz CT molecular complexity index is 440. The molecule has 0 radical (unpaired) electrons. The lowest BCUT2D eigenvalue weighted by Gasteiger charge is -2.33. The number of aryl methyl sites for hydroxylation is 1. The Kier molecular flexibility index (Phi) is 4.16. The van der Waals surface area contributed by atoms with E-state index in [0.29, 0.717) is 19.0 Å². The number of hydrogen-bond donors (Lipinski definition) is 2. The van der Waals surface area contributed by atoms with E-state index in [-0.39, 0.29) is 0 Å². The van der Waals surface area contributed by atoms with E-state index in [1.807, 2.05) is 6.92 Å². The van der Waals surface area contributed by atoms with Crippen LogP contribution in [-0.2, 0) is 0 Å². The lowest BCUT2D eigenvalue weighted by Crippen LogP contribution is -2.43. The standard InChI is InChI=1S/C16H26N2O/c1-12(2)14-7-5-6-13(3)15(14)18-9-8-17-10-16(4,19)11-18/h5-7,12,17,19H,8-11H2,1-4H3. The minimum atomic E-state index is -0.674. The van der Waals surface area contributed by atoms with E-state index in [2.05, 4.69) is 49.2 Å². The third-order valence-electron chi connectivity index (χ3n) is 3.80. The zero-order valence-electron chi connectivity index (χ0n) is 12.5. The summed E-state index contributed by atoms with van der Waals surface area (Å²) in [6.45, 7) is 11.7. The van der Waals surface area contributed by atoms with Crippen molar-refractivity contribution in [2.45, 2.75) is 39.2 Å². The third-order valence-corrected chi connectivity index (χ3v) is 3.80. The van der Waals surface area contributed by atoms with Crippen molar-refractivity contribution >= 4 is 5.69 Å². The number of aliphatic hydroxyl groups is 1. The lowest BCUT2D eigenvalue weighted by molar-refractivity contribution is 0.0729. The van der Waals surface area contributed by atoms with Gasteiger partial charge in [0.1, 0.15) is 0 Å². The predicted molar refractivity (Wildman–Crippen MR) is 81.0 cm³/mol. The first-order valence-electron chi connectivity index (χ1n) is 7.18. The predicted octanol–water partition coefficient (Wildman–Crippen LogP) is 2.28. The Labute approximate surface area is 116 Å². The molecule has 1 aromatic rings. The summed E-state index contributed by atoms with van der Waals surface area (Å²) >= 11 is 0. The summed E-state index contributed by atoms with van der Waals surface area (Å²) in [7, 11) is 0. The average molecular weight is 262 g/mol. The summed E-state index contributed by atoms with van der Waals surface area (Å²) in [5, 5.41) is 13.7. The maximum Gasteiger partial charge on any atom is 0.0917 e. The van der Waals surface area contributed by atoms with Gasteiger partial charge in [0, 0.05) is 31.9 Å². The van der Waals surface area contributed by atoms with Crippen LogP contribution in [0.2, 0.25) is 0 Å². The highest BCUT2D eigenvalue weighted by atomic mass is 16.3. The van der Waals surface area contributed by atoms with Crippen LogP contribution in [0.3, 0.4) is 0 Å². The number of benzene rings is 1. The Hall–Kier alpha value is -1.06. The molecule has 0 spiro atoms. The molecule has 0 aromatic heterocycles. The monoisotopic (exact) mass is 262 g/mol. The largest absolute Gasteiger partial charge is 0.387 e. The molecule has 0 saturated carbocycles. The Morgan fingerprint density at radius 1 is 1.37 bits per heavy atom. The lowest BCUT2D eigenvalue weighted by atomic mass is 9.96. The second-order valence-corrected chi connectivity index (χ2v) is 6.26. The van der Waals surface area contributed by atoms with Crippen LogP contribution < -0.4 is 10.2 Å². The molecule has 3 nitrogen and oxygen atoms in total. The van der Waals surface area contributed by atoms with Crippen molar-refractivity contribution in [2.75, 3.05) is 31.1 Å². The molecule has 1 heterocycles. The molecule has 1 aliphatic heterocycles. The molecular weight excluding hydrogens is 236 g/mol. The molecule has 1 saturated heterocycles. The second kappa shape index (κ2) is 5.51. The Balaban J connectivity index is 2.39. The minimum absolute atomic E-state index is 0.496. The van der Waals surface area contributed by atoms with Crippen LogP contribution in [0.5, 0.6) is 0 Å². The van der Waals surface area contributed by atoms with Crippen molar-refractivity contribution in [1.82, 2.24) is 5.32 Å². The van der Waals surface area contributed by atoms with Crippen LogP contribution in [-0.4, -0.2) is 36.9 Å². The summed E-state index contributed by atoms with van der Waals surface area (Å²) in [5.74, 6) is 0.496. The van der Waals surface area contributed by atoms with Crippen molar-refractivity contribution < 1.29 is 5.11 Å². The molecule has 1 aliphatic rings. The number of nitrogens with one attached hydrogen (secondary N) is 1. The first kappa shape index (κ1) is 14.4. The molecule has 2 N–H and O–H groups in total.